The maximum Gasteiger partial charge on any atom is 0.287 e. The third-order valence-corrected chi connectivity index (χ3v) is 8.23. The third kappa shape index (κ3) is 5.88. The molecule has 3 aromatic rings. The van der Waals surface area contributed by atoms with Gasteiger partial charge in [0.15, 0.2) is 5.01 Å². The molecular formula is C29H36N4O3S. The Morgan fingerprint density at radius 2 is 1.95 bits per heavy atom. The van der Waals surface area contributed by atoms with Gasteiger partial charge in [0, 0.05) is 42.9 Å². The average Bonchev–Trinajstić information content (AvgIpc) is 3.68. The van der Waals surface area contributed by atoms with E-state index in [9.17, 15) is 4.79 Å². The molecule has 0 unspecified atom stereocenters. The normalized spacial score (nSPS) is 15.4. The number of thiazole rings is 1. The smallest absolute Gasteiger partial charge is 0.287 e. The highest BCUT2D eigenvalue weighted by molar-refractivity contribution is 7.13. The van der Waals surface area contributed by atoms with Gasteiger partial charge in [0.25, 0.3) is 5.91 Å². The lowest BCUT2D eigenvalue weighted by atomic mass is 9.94. The number of carbonyl (C=O) groups excluding carboxylic acids is 1. The molecule has 1 aromatic heterocycles. The summed E-state index contributed by atoms with van der Waals surface area (Å²) in [4.78, 5) is 23.1. The minimum Gasteiger partial charge on any atom is -0.493 e. The third-order valence-electron chi connectivity index (χ3n) is 7.25. The van der Waals surface area contributed by atoms with Gasteiger partial charge in [-0.05, 0) is 80.1 Å². The number of benzene rings is 2. The molecule has 0 atom stereocenters. The van der Waals surface area contributed by atoms with Crippen molar-refractivity contribution in [2.24, 2.45) is 0 Å². The lowest BCUT2D eigenvalue weighted by Gasteiger charge is -2.18. The first-order chi connectivity index (χ1) is 18.2. The Kier molecular flexibility index (Phi) is 8.51. The Morgan fingerprint density at radius 1 is 1.14 bits per heavy atom. The fraction of sp³-hybridized carbons (Fsp3) is 0.448. The van der Waals surface area contributed by atoms with Crippen LogP contribution in [0, 0.1) is 6.92 Å². The van der Waals surface area contributed by atoms with Crippen molar-refractivity contribution in [1.29, 1.82) is 0 Å². The van der Waals surface area contributed by atoms with Crippen molar-refractivity contribution in [2.45, 2.75) is 39.2 Å². The summed E-state index contributed by atoms with van der Waals surface area (Å²) in [6, 6.07) is 12.5. The number of aromatic nitrogens is 1. The van der Waals surface area contributed by atoms with Crippen LogP contribution in [0.1, 0.15) is 45.1 Å². The number of hydrogen-bond donors (Lipinski definition) is 2. The molecule has 7 nitrogen and oxygen atoms in total. The van der Waals surface area contributed by atoms with Crippen LogP contribution in [0.25, 0.3) is 11.1 Å². The van der Waals surface area contributed by atoms with E-state index in [1.165, 1.54) is 48.4 Å². The monoisotopic (exact) mass is 520 g/mol. The number of aliphatic hydroxyl groups is 1. The number of anilines is 1. The van der Waals surface area contributed by atoms with Crippen LogP contribution in [0.3, 0.4) is 0 Å². The van der Waals surface area contributed by atoms with E-state index in [2.05, 4.69) is 46.4 Å². The van der Waals surface area contributed by atoms with Gasteiger partial charge in [0.1, 0.15) is 5.75 Å². The first kappa shape index (κ1) is 25.9. The molecule has 1 fully saturated rings. The molecule has 2 aromatic carbocycles. The Labute approximate surface area is 223 Å². The van der Waals surface area contributed by atoms with Gasteiger partial charge in [-0.1, -0.05) is 24.3 Å². The van der Waals surface area contributed by atoms with Gasteiger partial charge < -0.3 is 25.0 Å². The molecule has 8 heteroatoms. The molecule has 1 saturated heterocycles. The van der Waals surface area contributed by atoms with E-state index >= 15 is 0 Å². The van der Waals surface area contributed by atoms with Crippen molar-refractivity contribution < 1.29 is 14.6 Å². The Hall–Kier alpha value is -2.78. The van der Waals surface area contributed by atoms with Gasteiger partial charge in [0.2, 0.25) is 0 Å². The Bertz CT molecular complexity index is 1220. The predicted molar refractivity (Wildman–Crippen MR) is 149 cm³/mol. The second kappa shape index (κ2) is 12.2. The number of nitrogens with zero attached hydrogens (tertiary/aromatic N) is 3. The SMILES string of the molecule is Cc1c(OCCCN2CCCC2)cccc1-c1cccc2c1CCN2C(=O)c1ncc(CNCCO)s1. The Morgan fingerprint density at radius 3 is 2.78 bits per heavy atom. The van der Waals surface area contributed by atoms with Crippen LogP contribution in [-0.4, -0.2) is 66.8 Å². The highest BCUT2D eigenvalue weighted by Gasteiger charge is 2.29. The van der Waals surface area contributed by atoms with Crippen molar-refractivity contribution in [2.75, 3.05) is 50.8 Å². The largest absolute Gasteiger partial charge is 0.493 e. The summed E-state index contributed by atoms with van der Waals surface area (Å²) in [5, 5.41) is 12.6. The molecule has 1 amide bonds. The van der Waals surface area contributed by atoms with Crippen LogP contribution in [0.5, 0.6) is 5.75 Å². The van der Waals surface area contributed by atoms with Gasteiger partial charge >= 0.3 is 0 Å². The standard InChI is InChI=1S/C29H36N4O3S/c1-21-23(7-5-10-27(21)36-18-6-15-32-13-2-3-14-32)24-8-4-9-26-25(24)11-16-33(26)29(35)28-31-20-22(37-28)19-30-12-17-34/h4-5,7-10,20,30,34H,2-3,6,11-19H2,1H3. The van der Waals surface area contributed by atoms with Gasteiger partial charge in [-0.3, -0.25) is 4.79 Å². The molecule has 3 heterocycles. The van der Waals surface area contributed by atoms with Crippen LogP contribution in [0.4, 0.5) is 5.69 Å². The van der Waals surface area contributed by atoms with E-state index in [0.29, 0.717) is 24.6 Å². The summed E-state index contributed by atoms with van der Waals surface area (Å²) >= 11 is 1.41. The summed E-state index contributed by atoms with van der Waals surface area (Å²) in [6.07, 6.45) is 6.24. The van der Waals surface area contributed by atoms with Crippen molar-refractivity contribution in [3.8, 4) is 16.9 Å². The number of aliphatic hydroxyl groups excluding tert-OH is 1. The molecule has 0 saturated carbocycles. The van der Waals surface area contributed by atoms with Crippen LogP contribution >= 0.6 is 11.3 Å². The topological polar surface area (TPSA) is 77.9 Å². The van der Waals surface area contributed by atoms with Gasteiger partial charge in [-0.15, -0.1) is 11.3 Å². The molecule has 0 aliphatic carbocycles. The summed E-state index contributed by atoms with van der Waals surface area (Å²) in [5.41, 5.74) is 5.64. The van der Waals surface area contributed by atoms with E-state index in [0.717, 1.165) is 53.4 Å². The lowest BCUT2D eigenvalue weighted by molar-refractivity contribution is 0.0989. The number of rotatable bonds is 11. The van der Waals surface area contributed by atoms with Crippen molar-refractivity contribution >= 4 is 22.9 Å². The van der Waals surface area contributed by atoms with E-state index in [4.69, 9.17) is 9.84 Å². The van der Waals surface area contributed by atoms with Gasteiger partial charge in [0.05, 0.1) is 13.2 Å². The fourth-order valence-electron chi connectivity index (χ4n) is 5.33. The molecule has 2 N–H and O–H groups in total. The molecule has 37 heavy (non-hydrogen) atoms. The summed E-state index contributed by atoms with van der Waals surface area (Å²) in [7, 11) is 0. The fourth-order valence-corrected chi connectivity index (χ4v) is 6.16. The molecule has 0 radical (unpaired) electrons. The number of amides is 1. The van der Waals surface area contributed by atoms with Crippen LogP contribution in [0.15, 0.2) is 42.6 Å². The number of fused-ring (bicyclic) bond motifs is 1. The Balaban J connectivity index is 1.29. The number of nitrogens with one attached hydrogen (secondary N) is 1. The zero-order chi connectivity index (χ0) is 25.6. The van der Waals surface area contributed by atoms with E-state index in [1.54, 1.807) is 6.20 Å². The second-order valence-electron chi connectivity index (χ2n) is 9.72. The zero-order valence-corrected chi connectivity index (χ0v) is 22.4. The first-order valence-electron chi connectivity index (χ1n) is 13.3. The van der Waals surface area contributed by atoms with Crippen LogP contribution < -0.4 is 15.0 Å². The molecular weight excluding hydrogens is 484 g/mol. The van der Waals surface area contributed by atoms with Crippen molar-refractivity contribution in [3.05, 3.63) is 63.6 Å². The molecule has 2 aliphatic rings. The molecule has 0 bridgehead atoms. The van der Waals surface area contributed by atoms with E-state index in [-0.39, 0.29) is 12.5 Å². The van der Waals surface area contributed by atoms with Gasteiger partial charge in [-0.25, -0.2) is 4.98 Å². The molecule has 0 spiro atoms. The number of likely N-dealkylation sites (tertiary alicyclic amines) is 1. The summed E-state index contributed by atoms with van der Waals surface area (Å²) in [6.45, 7) is 8.26. The number of ether oxygens (including phenoxy) is 1. The molecule has 5 rings (SSSR count). The van der Waals surface area contributed by atoms with Crippen molar-refractivity contribution in [1.82, 2.24) is 15.2 Å². The maximum atomic E-state index is 13.4. The quantitative estimate of drug-likeness (QED) is 0.368. The zero-order valence-electron chi connectivity index (χ0n) is 21.5. The summed E-state index contributed by atoms with van der Waals surface area (Å²) in [5.74, 6) is 0.883. The van der Waals surface area contributed by atoms with Crippen LogP contribution in [-0.2, 0) is 13.0 Å². The van der Waals surface area contributed by atoms with Crippen LogP contribution in [0.2, 0.25) is 0 Å². The summed E-state index contributed by atoms with van der Waals surface area (Å²) < 4.78 is 6.22. The second-order valence-corrected chi connectivity index (χ2v) is 10.8. The maximum absolute atomic E-state index is 13.4. The van der Waals surface area contributed by atoms with E-state index in [1.807, 2.05) is 17.0 Å². The van der Waals surface area contributed by atoms with Gasteiger partial charge in [-0.2, -0.15) is 0 Å². The molecule has 196 valence electrons. The first-order valence-corrected chi connectivity index (χ1v) is 14.1. The number of hydrogen-bond acceptors (Lipinski definition) is 7. The predicted octanol–water partition coefficient (Wildman–Crippen LogP) is 4.27. The lowest BCUT2D eigenvalue weighted by Crippen LogP contribution is -2.28. The highest BCUT2D eigenvalue weighted by Crippen LogP contribution is 2.40. The minimum absolute atomic E-state index is 0.0545. The molecule has 2 aliphatic heterocycles. The minimum atomic E-state index is -0.0545. The van der Waals surface area contributed by atoms with Crippen molar-refractivity contribution in [3.63, 3.8) is 0 Å². The average molecular weight is 521 g/mol. The number of carbonyl (C=O) groups is 1. The highest BCUT2D eigenvalue weighted by atomic mass is 32.1. The van der Waals surface area contributed by atoms with E-state index < -0.39 is 0 Å².